The molecule has 2 aliphatic rings. The Kier molecular flexibility index (Phi) is 9.13. The molecule has 5 rings (SSSR count). The molecule has 10 nitrogen and oxygen atoms in total. The van der Waals surface area contributed by atoms with Gasteiger partial charge in [0, 0.05) is 42.0 Å². The Morgan fingerprint density at radius 3 is 2.28 bits per heavy atom. The van der Waals surface area contributed by atoms with E-state index in [0.717, 1.165) is 37.1 Å². The summed E-state index contributed by atoms with van der Waals surface area (Å²) in [5.41, 5.74) is 2.48. The van der Waals surface area contributed by atoms with Gasteiger partial charge in [0.1, 0.15) is 23.4 Å². The third-order valence-electron chi connectivity index (χ3n) is 8.43. The zero-order valence-corrected chi connectivity index (χ0v) is 25.1. The van der Waals surface area contributed by atoms with E-state index in [2.05, 4.69) is 25.8 Å². The Balaban J connectivity index is 1.24. The van der Waals surface area contributed by atoms with Crippen LogP contribution in [-0.2, 0) is 4.79 Å². The molecule has 2 aromatic carbocycles. The summed E-state index contributed by atoms with van der Waals surface area (Å²) in [7, 11) is 3.18. The smallest absolute Gasteiger partial charge is 0.253 e. The van der Waals surface area contributed by atoms with Gasteiger partial charge in [-0.25, -0.2) is 4.98 Å². The molecule has 4 atom stereocenters. The highest BCUT2D eigenvalue weighted by molar-refractivity contribution is 5.98. The number of likely N-dealkylation sites (N-methyl/N-ethyl adjacent to an activating group) is 1. The largest absolute Gasteiger partial charge is 0.497 e. The van der Waals surface area contributed by atoms with Crippen LogP contribution in [0.2, 0.25) is 0 Å². The van der Waals surface area contributed by atoms with Crippen molar-refractivity contribution in [3.8, 4) is 11.5 Å². The second-order valence-corrected chi connectivity index (χ2v) is 11.0. The molecule has 2 aliphatic heterocycles. The molecule has 3 amide bonds. The minimum Gasteiger partial charge on any atom is -0.497 e. The van der Waals surface area contributed by atoms with Gasteiger partial charge in [0.2, 0.25) is 5.91 Å². The van der Waals surface area contributed by atoms with Crippen LogP contribution in [0.5, 0.6) is 11.5 Å². The van der Waals surface area contributed by atoms with Crippen LogP contribution in [0.1, 0.15) is 70.5 Å². The number of carbonyl (C=O) groups is 3. The number of carbonyl (C=O) groups excluding carboxylic acids is 3. The molecular weight excluding hydrogens is 546 g/mol. The van der Waals surface area contributed by atoms with E-state index in [-0.39, 0.29) is 35.8 Å². The minimum atomic E-state index is -0.858. The fourth-order valence-corrected chi connectivity index (χ4v) is 6.27. The molecule has 3 unspecified atom stereocenters. The van der Waals surface area contributed by atoms with Crippen molar-refractivity contribution in [1.29, 1.82) is 0 Å². The number of piperidine rings is 1. The fraction of sp³-hybridized carbons (Fsp3) is 0.394. The number of nitrogens with one attached hydrogen (secondary N) is 3. The van der Waals surface area contributed by atoms with Crippen LogP contribution in [-0.4, -0.2) is 61.6 Å². The first kappa shape index (κ1) is 29.9. The van der Waals surface area contributed by atoms with E-state index in [4.69, 9.17) is 9.47 Å². The highest BCUT2D eigenvalue weighted by atomic mass is 16.5. The monoisotopic (exact) mass is 585 g/mol. The van der Waals surface area contributed by atoms with Gasteiger partial charge in [-0.3, -0.25) is 14.4 Å². The molecule has 1 aromatic heterocycles. The van der Waals surface area contributed by atoms with Gasteiger partial charge in [-0.1, -0.05) is 18.2 Å². The molecule has 3 aromatic rings. The van der Waals surface area contributed by atoms with Crippen molar-refractivity contribution in [1.82, 2.24) is 20.9 Å². The fourth-order valence-electron chi connectivity index (χ4n) is 6.27. The molecular formula is C33H39N5O5. The van der Waals surface area contributed by atoms with E-state index in [0.29, 0.717) is 34.7 Å². The second-order valence-electron chi connectivity index (χ2n) is 11.0. The normalized spacial score (nSPS) is 19.7. The number of pyridine rings is 1. The number of nitrogens with zero attached hydrogens (tertiary/aromatic N) is 2. The number of aromatic nitrogens is 1. The van der Waals surface area contributed by atoms with Crippen molar-refractivity contribution >= 4 is 23.5 Å². The summed E-state index contributed by atoms with van der Waals surface area (Å²) in [4.78, 5) is 46.1. The van der Waals surface area contributed by atoms with Crippen molar-refractivity contribution in [2.75, 3.05) is 25.7 Å². The van der Waals surface area contributed by atoms with Gasteiger partial charge in [0.05, 0.1) is 19.8 Å². The Morgan fingerprint density at radius 2 is 1.67 bits per heavy atom. The van der Waals surface area contributed by atoms with E-state index in [1.807, 2.05) is 38.1 Å². The average Bonchev–Trinajstić information content (AvgIpc) is 3.29. The number of hydrogen-bond donors (Lipinski definition) is 3. The first-order valence-electron chi connectivity index (χ1n) is 14.7. The van der Waals surface area contributed by atoms with E-state index >= 15 is 0 Å². The lowest BCUT2D eigenvalue weighted by Crippen LogP contribution is -2.50. The number of benzene rings is 2. The SMILES string of the molecule is CCNC(=O)C(NC(=O)c1ccc(N2C3CC[C@H]2CC(NC(=O)c2cccc(OC)c2C)C3)nc1)c1ccc(OC)cc1. The van der Waals surface area contributed by atoms with Gasteiger partial charge in [0.15, 0.2) is 0 Å². The van der Waals surface area contributed by atoms with Gasteiger partial charge in [-0.15, -0.1) is 0 Å². The van der Waals surface area contributed by atoms with Crippen LogP contribution >= 0.6 is 0 Å². The summed E-state index contributed by atoms with van der Waals surface area (Å²) in [5, 5.41) is 8.89. The molecule has 226 valence electrons. The van der Waals surface area contributed by atoms with Gasteiger partial charge >= 0.3 is 0 Å². The van der Waals surface area contributed by atoms with E-state index in [9.17, 15) is 14.4 Å². The molecule has 3 N–H and O–H groups in total. The lowest BCUT2D eigenvalue weighted by molar-refractivity contribution is -0.123. The summed E-state index contributed by atoms with van der Waals surface area (Å²) in [6, 6.07) is 15.9. The standard InChI is InChI=1S/C33H39N5O5/c1-5-34-33(41)30(21-9-14-26(42-3)15-10-21)37-31(39)22-11-16-29(35-19-22)38-24-12-13-25(38)18-23(17-24)36-32(40)27-7-6-8-28(43-4)20(27)2/h6-11,14-16,19,23-25,30H,5,12-13,17-18H2,1-4H3,(H,34,41)(H,36,40)(H,37,39)/t23?,24-,25?,30?/m0/s1. The van der Waals surface area contributed by atoms with Crippen molar-refractivity contribution in [3.05, 3.63) is 83.0 Å². The predicted octanol–water partition coefficient (Wildman–Crippen LogP) is 3.94. The number of methoxy groups -OCH3 is 2. The van der Waals surface area contributed by atoms with E-state index in [1.165, 1.54) is 0 Å². The van der Waals surface area contributed by atoms with Crippen LogP contribution in [0, 0.1) is 6.92 Å². The zero-order valence-electron chi connectivity index (χ0n) is 25.1. The molecule has 2 fully saturated rings. The topological polar surface area (TPSA) is 122 Å². The summed E-state index contributed by atoms with van der Waals surface area (Å²) < 4.78 is 10.6. The maximum absolute atomic E-state index is 13.2. The van der Waals surface area contributed by atoms with Crippen LogP contribution in [0.25, 0.3) is 0 Å². The Labute approximate surface area is 252 Å². The number of hydrogen-bond acceptors (Lipinski definition) is 7. The quantitative estimate of drug-likeness (QED) is 0.330. The average molecular weight is 586 g/mol. The lowest BCUT2D eigenvalue weighted by atomic mass is 9.96. The van der Waals surface area contributed by atoms with Crippen LogP contribution < -0.4 is 30.3 Å². The molecule has 0 aliphatic carbocycles. The van der Waals surface area contributed by atoms with Crippen LogP contribution in [0.3, 0.4) is 0 Å². The molecule has 2 saturated heterocycles. The Morgan fingerprint density at radius 1 is 0.953 bits per heavy atom. The minimum absolute atomic E-state index is 0.0704. The summed E-state index contributed by atoms with van der Waals surface area (Å²) in [6.45, 7) is 4.18. The number of amides is 3. The van der Waals surface area contributed by atoms with Gasteiger partial charge < -0.3 is 30.3 Å². The van der Waals surface area contributed by atoms with Crippen LogP contribution in [0.15, 0.2) is 60.8 Å². The van der Waals surface area contributed by atoms with Gasteiger partial charge in [-0.05, 0) is 81.5 Å². The molecule has 2 bridgehead atoms. The molecule has 0 spiro atoms. The van der Waals surface area contributed by atoms with Crippen molar-refractivity contribution in [2.45, 2.75) is 63.7 Å². The highest BCUT2D eigenvalue weighted by Crippen LogP contribution is 2.38. The summed E-state index contributed by atoms with van der Waals surface area (Å²) in [6.07, 6.45) is 5.26. The van der Waals surface area contributed by atoms with Gasteiger partial charge in [0.25, 0.3) is 11.8 Å². The molecule has 0 saturated carbocycles. The number of anilines is 1. The number of ether oxygens (including phenoxy) is 2. The maximum Gasteiger partial charge on any atom is 0.253 e. The number of fused-ring (bicyclic) bond motifs is 2. The second kappa shape index (κ2) is 13.1. The molecule has 43 heavy (non-hydrogen) atoms. The van der Waals surface area contributed by atoms with Crippen molar-refractivity contribution < 1.29 is 23.9 Å². The summed E-state index contributed by atoms with van der Waals surface area (Å²) in [5.74, 6) is 1.42. The predicted molar refractivity (Wildman–Crippen MR) is 164 cm³/mol. The number of rotatable bonds is 10. The Hall–Kier alpha value is -4.60. The van der Waals surface area contributed by atoms with Gasteiger partial charge in [-0.2, -0.15) is 0 Å². The maximum atomic E-state index is 13.2. The van der Waals surface area contributed by atoms with E-state index in [1.54, 1.807) is 50.7 Å². The van der Waals surface area contributed by atoms with E-state index < -0.39 is 6.04 Å². The third kappa shape index (κ3) is 6.43. The Bertz CT molecular complexity index is 1450. The zero-order chi connectivity index (χ0) is 30.5. The lowest BCUT2D eigenvalue weighted by Gasteiger charge is -2.40. The molecule has 3 heterocycles. The van der Waals surface area contributed by atoms with Crippen LogP contribution in [0.4, 0.5) is 5.82 Å². The van der Waals surface area contributed by atoms with Crippen molar-refractivity contribution in [2.24, 2.45) is 0 Å². The first-order valence-corrected chi connectivity index (χ1v) is 14.7. The summed E-state index contributed by atoms with van der Waals surface area (Å²) >= 11 is 0. The molecule has 0 radical (unpaired) electrons. The highest BCUT2D eigenvalue weighted by Gasteiger charge is 2.42. The third-order valence-corrected chi connectivity index (χ3v) is 8.43. The molecule has 10 heteroatoms. The van der Waals surface area contributed by atoms with Crippen molar-refractivity contribution in [3.63, 3.8) is 0 Å². The first-order chi connectivity index (χ1) is 20.8.